The van der Waals surface area contributed by atoms with E-state index in [9.17, 15) is 13.2 Å². The van der Waals surface area contributed by atoms with Crippen LogP contribution in [0.1, 0.15) is 36.2 Å². The molecule has 0 amide bonds. The molecule has 2 rings (SSSR count). The summed E-state index contributed by atoms with van der Waals surface area (Å²) in [4.78, 5) is 0. The molecule has 1 aromatic heterocycles. The fraction of sp³-hybridized carbons (Fsp3) is 0.429. The molecule has 114 valence electrons. The van der Waals surface area contributed by atoms with Gasteiger partial charge >= 0.3 is 6.18 Å². The molecule has 0 fully saturated rings. The quantitative estimate of drug-likeness (QED) is 0.861. The van der Waals surface area contributed by atoms with Gasteiger partial charge in [0.05, 0.1) is 23.5 Å². The lowest BCUT2D eigenvalue weighted by molar-refractivity contribution is -0.137. The number of aromatic nitrogens is 3. The molecule has 2 N–H and O–H groups in total. The summed E-state index contributed by atoms with van der Waals surface area (Å²) in [5.74, 6) is 0. The summed E-state index contributed by atoms with van der Waals surface area (Å²) in [7, 11) is 0. The van der Waals surface area contributed by atoms with E-state index in [2.05, 4.69) is 20.7 Å². The Morgan fingerprint density at radius 3 is 2.48 bits per heavy atom. The summed E-state index contributed by atoms with van der Waals surface area (Å²) in [6.07, 6.45) is -1.16. The largest absolute Gasteiger partial charge is 0.416 e. The molecule has 1 heterocycles. The van der Waals surface area contributed by atoms with Gasteiger partial charge in [-0.05, 0) is 37.1 Å². The van der Waals surface area contributed by atoms with E-state index in [1.807, 2.05) is 6.92 Å². The summed E-state index contributed by atoms with van der Waals surface area (Å²) in [6, 6.07) is 5.15. The van der Waals surface area contributed by atoms with Crippen LogP contribution in [0.5, 0.6) is 0 Å². The first-order chi connectivity index (χ1) is 10.0. The maximum absolute atomic E-state index is 12.5. The zero-order valence-electron chi connectivity index (χ0n) is 11.6. The summed E-state index contributed by atoms with van der Waals surface area (Å²) in [5.41, 5.74) is 0.939. The Bertz CT molecular complexity index is 534. The molecule has 2 aromatic rings. The van der Waals surface area contributed by atoms with Crippen LogP contribution in [0.3, 0.4) is 0 Å². The normalized spacial score (nSPS) is 13.3. The van der Waals surface area contributed by atoms with Crippen LogP contribution in [-0.4, -0.2) is 22.0 Å². The molecule has 4 nitrogen and oxygen atoms in total. The van der Waals surface area contributed by atoms with Crippen molar-refractivity contribution in [2.45, 2.75) is 32.0 Å². The van der Waals surface area contributed by atoms with Crippen LogP contribution in [0.15, 0.2) is 30.5 Å². The minimum absolute atomic E-state index is 0.0690. The van der Waals surface area contributed by atoms with Crippen molar-refractivity contribution in [3.05, 3.63) is 47.3 Å². The average Bonchev–Trinajstić information content (AvgIpc) is 2.97. The molecule has 0 radical (unpaired) electrons. The first-order valence-electron chi connectivity index (χ1n) is 6.76. The number of halogens is 3. The van der Waals surface area contributed by atoms with Gasteiger partial charge in [-0.3, -0.25) is 0 Å². The van der Waals surface area contributed by atoms with Crippen molar-refractivity contribution in [3.63, 3.8) is 0 Å². The van der Waals surface area contributed by atoms with Gasteiger partial charge in [0.25, 0.3) is 0 Å². The predicted molar refractivity (Wildman–Crippen MR) is 72.6 cm³/mol. The van der Waals surface area contributed by atoms with Gasteiger partial charge in [-0.2, -0.15) is 28.6 Å². The lowest BCUT2D eigenvalue weighted by Gasteiger charge is -2.16. The third kappa shape index (κ3) is 4.29. The first kappa shape index (κ1) is 15.5. The van der Waals surface area contributed by atoms with Gasteiger partial charge in [-0.15, -0.1) is 0 Å². The molecular weight excluding hydrogens is 281 g/mol. The smallest absolute Gasteiger partial charge is 0.308 e. The SMILES string of the molecule is CCCNC(Cc1ccc(C(F)(F)F)cc1)c1cn[nH]n1. The summed E-state index contributed by atoms with van der Waals surface area (Å²) < 4.78 is 37.6. The van der Waals surface area contributed by atoms with Crippen molar-refractivity contribution in [3.8, 4) is 0 Å². The molecule has 0 bridgehead atoms. The van der Waals surface area contributed by atoms with Gasteiger partial charge in [0.2, 0.25) is 0 Å². The van der Waals surface area contributed by atoms with E-state index in [4.69, 9.17) is 0 Å². The van der Waals surface area contributed by atoms with E-state index >= 15 is 0 Å². The van der Waals surface area contributed by atoms with E-state index in [0.717, 1.165) is 36.4 Å². The highest BCUT2D eigenvalue weighted by molar-refractivity contribution is 5.26. The van der Waals surface area contributed by atoms with Crippen molar-refractivity contribution in [1.29, 1.82) is 0 Å². The average molecular weight is 298 g/mol. The maximum atomic E-state index is 12.5. The number of hydrogen-bond donors (Lipinski definition) is 2. The van der Waals surface area contributed by atoms with Crippen LogP contribution < -0.4 is 5.32 Å². The van der Waals surface area contributed by atoms with E-state index in [1.54, 1.807) is 6.20 Å². The molecule has 1 unspecified atom stereocenters. The highest BCUT2D eigenvalue weighted by atomic mass is 19.4. The van der Waals surface area contributed by atoms with Crippen LogP contribution in [0, 0.1) is 0 Å². The number of hydrogen-bond acceptors (Lipinski definition) is 3. The van der Waals surface area contributed by atoms with Gasteiger partial charge in [0, 0.05) is 0 Å². The van der Waals surface area contributed by atoms with Crippen LogP contribution in [0.4, 0.5) is 13.2 Å². The maximum Gasteiger partial charge on any atom is 0.416 e. The Morgan fingerprint density at radius 2 is 1.95 bits per heavy atom. The Kier molecular flexibility index (Phi) is 4.95. The third-order valence-electron chi connectivity index (χ3n) is 3.15. The van der Waals surface area contributed by atoms with Crippen molar-refractivity contribution >= 4 is 0 Å². The van der Waals surface area contributed by atoms with Crippen LogP contribution in [0.2, 0.25) is 0 Å². The zero-order chi connectivity index (χ0) is 15.3. The first-order valence-corrected chi connectivity index (χ1v) is 6.76. The van der Waals surface area contributed by atoms with E-state index < -0.39 is 11.7 Å². The predicted octanol–water partition coefficient (Wildman–Crippen LogP) is 3.11. The molecule has 1 atom stereocenters. The summed E-state index contributed by atoms with van der Waals surface area (Å²) in [6.45, 7) is 2.85. The fourth-order valence-electron chi connectivity index (χ4n) is 2.04. The van der Waals surface area contributed by atoms with Gasteiger partial charge < -0.3 is 5.32 Å². The molecule has 0 spiro atoms. The second-order valence-corrected chi connectivity index (χ2v) is 4.80. The number of nitrogens with one attached hydrogen (secondary N) is 2. The number of alkyl halides is 3. The number of aromatic amines is 1. The third-order valence-corrected chi connectivity index (χ3v) is 3.15. The molecule has 0 aliphatic carbocycles. The molecule has 0 aliphatic rings. The Balaban J connectivity index is 2.09. The van der Waals surface area contributed by atoms with Crippen molar-refractivity contribution in [1.82, 2.24) is 20.7 Å². The van der Waals surface area contributed by atoms with Crippen LogP contribution >= 0.6 is 0 Å². The van der Waals surface area contributed by atoms with Crippen molar-refractivity contribution in [2.75, 3.05) is 6.54 Å². The minimum atomic E-state index is -4.30. The lowest BCUT2D eigenvalue weighted by Crippen LogP contribution is -2.24. The molecule has 0 saturated heterocycles. The minimum Gasteiger partial charge on any atom is -0.308 e. The highest BCUT2D eigenvalue weighted by Gasteiger charge is 2.30. The zero-order valence-corrected chi connectivity index (χ0v) is 11.6. The lowest BCUT2D eigenvalue weighted by atomic mass is 10.0. The Labute approximate surface area is 120 Å². The standard InChI is InChI=1S/C14H17F3N4/c1-2-7-18-12(13-9-19-21-20-13)8-10-3-5-11(6-4-10)14(15,16)17/h3-6,9,12,18H,2,7-8H2,1H3,(H,19,20,21). The number of H-pyrrole nitrogens is 1. The molecule has 7 heteroatoms. The van der Waals surface area contributed by atoms with Crippen LogP contribution in [-0.2, 0) is 12.6 Å². The molecule has 0 aliphatic heterocycles. The van der Waals surface area contributed by atoms with E-state index in [0.29, 0.717) is 6.42 Å². The second kappa shape index (κ2) is 6.71. The molecule has 21 heavy (non-hydrogen) atoms. The second-order valence-electron chi connectivity index (χ2n) is 4.80. The van der Waals surface area contributed by atoms with E-state index in [1.165, 1.54) is 12.1 Å². The summed E-state index contributed by atoms with van der Waals surface area (Å²) >= 11 is 0. The van der Waals surface area contributed by atoms with Crippen LogP contribution in [0.25, 0.3) is 0 Å². The Morgan fingerprint density at radius 1 is 1.24 bits per heavy atom. The van der Waals surface area contributed by atoms with E-state index in [-0.39, 0.29) is 6.04 Å². The number of nitrogens with zero attached hydrogens (tertiary/aromatic N) is 2. The number of benzene rings is 1. The Hall–Kier alpha value is -1.89. The fourth-order valence-corrected chi connectivity index (χ4v) is 2.04. The van der Waals surface area contributed by atoms with Gasteiger partial charge in [0.1, 0.15) is 0 Å². The monoisotopic (exact) mass is 298 g/mol. The molecule has 0 saturated carbocycles. The van der Waals surface area contributed by atoms with Gasteiger partial charge in [-0.1, -0.05) is 19.1 Å². The summed E-state index contributed by atoms with van der Waals surface area (Å²) in [5, 5.41) is 13.7. The topological polar surface area (TPSA) is 53.6 Å². The van der Waals surface area contributed by atoms with Gasteiger partial charge in [0.15, 0.2) is 0 Å². The highest BCUT2D eigenvalue weighted by Crippen LogP contribution is 2.29. The van der Waals surface area contributed by atoms with Crippen molar-refractivity contribution < 1.29 is 13.2 Å². The number of rotatable bonds is 6. The van der Waals surface area contributed by atoms with Crippen molar-refractivity contribution in [2.24, 2.45) is 0 Å². The van der Waals surface area contributed by atoms with Gasteiger partial charge in [-0.25, -0.2) is 0 Å². The molecule has 1 aromatic carbocycles. The molecular formula is C14H17F3N4.